The van der Waals surface area contributed by atoms with E-state index in [0.29, 0.717) is 6.61 Å². The first-order valence-corrected chi connectivity index (χ1v) is 8.45. The van der Waals surface area contributed by atoms with Crippen LogP contribution in [-0.4, -0.2) is 32.9 Å². The van der Waals surface area contributed by atoms with Gasteiger partial charge in [0, 0.05) is 18.7 Å². The third kappa shape index (κ3) is 2.70. The number of benzene rings is 2. The summed E-state index contributed by atoms with van der Waals surface area (Å²) in [5.41, 5.74) is 8.16. The van der Waals surface area contributed by atoms with Gasteiger partial charge < -0.3 is 9.64 Å². The Labute approximate surface area is 139 Å². The molecule has 0 saturated carbocycles. The van der Waals surface area contributed by atoms with Crippen LogP contribution >= 0.6 is 0 Å². The van der Waals surface area contributed by atoms with Crippen molar-refractivity contribution in [3.05, 3.63) is 64.7 Å². The molecule has 0 bridgehead atoms. The van der Waals surface area contributed by atoms with E-state index in [2.05, 4.69) is 62.3 Å². The van der Waals surface area contributed by atoms with Crippen LogP contribution in [-0.2, 0) is 6.61 Å². The van der Waals surface area contributed by atoms with Crippen molar-refractivity contribution in [2.75, 3.05) is 20.1 Å². The van der Waals surface area contributed by atoms with Gasteiger partial charge in [0.05, 0.1) is 0 Å². The molecule has 2 nitrogen and oxygen atoms in total. The fourth-order valence-corrected chi connectivity index (χ4v) is 3.67. The van der Waals surface area contributed by atoms with Crippen molar-refractivity contribution in [3.8, 4) is 5.75 Å². The lowest BCUT2D eigenvalue weighted by Gasteiger charge is -2.27. The SMILES string of the molecule is Bc1ccc2c(c1)OCc1ccccc1C2=C1CCN(C)CC1. The van der Waals surface area contributed by atoms with E-state index in [4.69, 9.17) is 4.74 Å². The van der Waals surface area contributed by atoms with E-state index in [1.807, 2.05) is 0 Å². The van der Waals surface area contributed by atoms with Crippen molar-refractivity contribution in [2.24, 2.45) is 0 Å². The molecular weight excluding hydrogens is 281 g/mol. The molecule has 0 unspecified atom stereocenters. The van der Waals surface area contributed by atoms with Gasteiger partial charge in [-0.15, -0.1) is 0 Å². The summed E-state index contributed by atoms with van der Waals surface area (Å²) in [6, 6.07) is 15.3. The van der Waals surface area contributed by atoms with Gasteiger partial charge in [-0.25, -0.2) is 0 Å². The summed E-state index contributed by atoms with van der Waals surface area (Å²) in [7, 11) is 4.34. The van der Waals surface area contributed by atoms with Gasteiger partial charge in [0.15, 0.2) is 0 Å². The Kier molecular flexibility index (Phi) is 3.74. The molecule has 0 N–H and O–H groups in total. The van der Waals surface area contributed by atoms with Gasteiger partial charge in [0.25, 0.3) is 0 Å². The Morgan fingerprint density at radius 3 is 2.61 bits per heavy atom. The number of piperidine rings is 1. The van der Waals surface area contributed by atoms with Crippen LogP contribution in [0.15, 0.2) is 48.0 Å². The minimum absolute atomic E-state index is 0.656. The second kappa shape index (κ2) is 5.90. The third-order valence-electron chi connectivity index (χ3n) is 5.02. The zero-order valence-corrected chi connectivity index (χ0v) is 13.9. The molecule has 2 aromatic rings. The Hall–Kier alpha value is -2.00. The molecule has 2 heterocycles. The van der Waals surface area contributed by atoms with Crippen LogP contribution in [0.25, 0.3) is 5.57 Å². The summed E-state index contributed by atoms with van der Waals surface area (Å²) in [4.78, 5) is 2.42. The summed E-state index contributed by atoms with van der Waals surface area (Å²) in [5, 5.41) is 0. The van der Waals surface area contributed by atoms with E-state index >= 15 is 0 Å². The van der Waals surface area contributed by atoms with Crippen molar-refractivity contribution >= 4 is 18.9 Å². The summed E-state index contributed by atoms with van der Waals surface area (Å²) in [6.07, 6.45) is 2.29. The van der Waals surface area contributed by atoms with Crippen LogP contribution in [0.1, 0.15) is 29.5 Å². The van der Waals surface area contributed by atoms with Crippen LogP contribution in [0, 0.1) is 0 Å². The quantitative estimate of drug-likeness (QED) is 0.693. The molecule has 4 rings (SSSR count). The first kappa shape index (κ1) is 14.6. The van der Waals surface area contributed by atoms with E-state index in [9.17, 15) is 0 Å². The molecule has 2 aromatic carbocycles. The average molecular weight is 303 g/mol. The van der Waals surface area contributed by atoms with Crippen molar-refractivity contribution < 1.29 is 4.74 Å². The lowest BCUT2D eigenvalue weighted by molar-refractivity contribution is 0.307. The fourth-order valence-electron chi connectivity index (χ4n) is 3.67. The normalized spacial score (nSPS) is 18.0. The second-order valence-corrected chi connectivity index (χ2v) is 6.73. The fraction of sp³-hybridized carbons (Fsp3) is 0.300. The molecule has 0 amide bonds. The van der Waals surface area contributed by atoms with Crippen LogP contribution in [0.2, 0.25) is 0 Å². The largest absolute Gasteiger partial charge is 0.488 e. The molecule has 1 fully saturated rings. The van der Waals surface area contributed by atoms with E-state index in [-0.39, 0.29) is 0 Å². The highest BCUT2D eigenvalue weighted by Crippen LogP contribution is 2.40. The summed E-state index contributed by atoms with van der Waals surface area (Å²) >= 11 is 0. The Morgan fingerprint density at radius 1 is 1.00 bits per heavy atom. The molecule has 0 atom stereocenters. The molecule has 0 aliphatic carbocycles. The number of rotatable bonds is 0. The van der Waals surface area contributed by atoms with Gasteiger partial charge in [-0.05, 0) is 42.7 Å². The Balaban J connectivity index is 1.94. The highest BCUT2D eigenvalue weighted by molar-refractivity contribution is 6.32. The number of fused-ring (bicyclic) bond motifs is 2. The summed E-state index contributed by atoms with van der Waals surface area (Å²) < 4.78 is 6.15. The lowest BCUT2D eigenvalue weighted by atomic mass is 9.85. The average Bonchev–Trinajstić information content (AvgIpc) is 2.72. The minimum atomic E-state index is 0.656. The van der Waals surface area contributed by atoms with Gasteiger partial charge >= 0.3 is 0 Å². The summed E-state index contributed by atoms with van der Waals surface area (Å²) in [6.45, 7) is 2.94. The number of likely N-dealkylation sites (tertiary alicyclic amines) is 1. The molecule has 3 heteroatoms. The van der Waals surface area contributed by atoms with E-state index in [1.54, 1.807) is 5.57 Å². The molecular formula is C20H22BNO. The zero-order valence-electron chi connectivity index (χ0n) is 13.9. The first-order chi connectivity index (χ1) is 11.2. The second-order valence-electron chi connectivity index (χ2n) is 6.73. The molecule has 0 spiro atoms. The van der Waals surface area contributed by atoms with E-state index in [0.717, 1.165) is 31.7 Å². The smallest absolute Gasteiger partial charge is 0.139 e. The van der Waals surface area contributed by atoms with Crippen molar-refractivity contribution in [1.82, 2.24) is 4.90 Å². The van der Waals surface area contributed by atoms with Crippen LogP contribution < -0.4 is 10.2 Å². The molecule has 0 aromatic heterocycles. The number of hydrogen-bond acceptors (Lipinski definition) is 2. The topological polar surface area (TPSA) is 12.5 Å². The molecule has 0 radical (unpaired) electrons. The van der Waals surface area contributed by atoms with Gasteiger partial charge in [0.2, 0.25) is 0 Å². The minimum Gasteiger partial charge on any atom is -0.488 e. The van der Waals surface area contributed by atoms with Crippen LogP contribution in [0.3, 0.4) is 0 Å². The molecule has 116 valence electrons. The van der Waals surface area contributed by atoms with Crippen LogP contribution in [0.4, 0.5) is 0 Å². The van der Waals surface area contributed by atoms with E-state index < -0.39 is 0 Å². The predicted octanol–water partition coefficient (Wildman–Crippen LogP) is 2.36. The molecule has 23 heavy (non-hydrogen) atoms. The third-order valence-corrected chi connectivity index (χ3v) is 5.02. The number of ether oxygens (including phenoxy) is 1. The van der Waals surface area contributed by atoms with E-state index in [1.165, 1.54) is 27.7 Å². The predicted molar refractivity (Wildman–Crippen MR) is 98.1 cm³/mol. The number of hydrogen-bond donors (Lipinski definition) is 0. The highest BCUT2D eigenvalue weighted by atomic mass is 16.5. The maximum Gasteiger partial charge on any atom is 0.139 e. The van der Waals surface area contributed by atoms with Crippen molar-refractivity contribution in [1.29, 1.82) is 0 Å². The first-order valence-electron chi connectivity index (χ1n) is 8.45. The van der Waals surface area contributed by atoms with Gasteiger partial charge in [-0.3, -0.25) is 0 Å². The zero-order chi connectivity index (χ0) is 15.8. The monoisotopic (exact) mass is 303 g/mol. The van der Waals surface area contributed by atoms with Gasteiger partial charge in [-0.1, -0.05) is 47.4 Å². The van der Waals surface area contributed by atoms with Gasteiger partial charge in [0.1, 0.15) is 20.2 Å². The maximum absolute atomic E-state index is 6.15. The standard InChI is InChI=1S/C20H22BNO/c1-22-10-8-14(9-11-22)20-17-5-3-2-4-15(17)13-23-19-12-16(21)6-7-18(19)20/h2-7,12H,8-11,13,21H2,1H3. The van der Waals surface area contributed by atoms with Crippen molar-refractivity contribution in [2.45, 2.75) is 19.4 Å². The maximum atomic E-state index is 6.15. The van der Waals surface area contributed by atoms with Crippen LogP contribution in [0.5, 0.6) is 5.75 Å². The number of nitrogens with zero attached hydrogens (tertiary/aromatic N) is 1. The molecule has 1 saturated heterocycles. The molecule has 2 aliphatic rings. The summed E-state index contributed by atoms with van der Waals surface area (Å²) in [5.74, 6) is 1.03. The Morgan fingerprint density at radius 2 is 1.78 bits per heavy atom. The van der Waals surface area contributed by atoms with Gasteiger partial charge in [-0.2, -0.15) is 0 Å². The highest BCUT2D eigenvalue weighted by Gasteiger charge is 2.23. The van der Waals surface area contributed by atoms with Crippen molar-refractivity contribution in [3.63, 3.8) is 0 Å². The molecule has 2 aliphatic heterocycles. The lowest BCUT2D eigenvalue weighted by Crippen LogP contribution is -2.27. The Bertz CT molecular complexity index is 771.